The molecule has 144 valence electrons. The lowest BCUT2D eigenvalue weighted by molar-refractivity contribution is -0.121. The van der Waals surface area contributed by atoms with Crippen LogP contribution in [0.15, 0.2) is 53.1 Å². The number of aryl methyl sites for hydroxylation is 1. The van der Waals surface area contributed by atoms with Crippen molar-refractivity contribution in [2.45, 2.75) is 19.3 Å². The molecule has 0 saturated heterocycles. The van der Waals surface area contributed by atoms with Crippen molar-refractivity contribution in [2.24, 2.45) is 0 Å². The van der Waals surface area contributed by atoms with Gasteiger partial charge in [-0.2, -0.15) is 4.98 Å². The molecule has 0 saturated carbocycles. The summed E-state index contributed by atoms with van der Waals surface area (Å²) < 4.78 is 18.1. The number of carbonyl (C=O) groups is 2. The number of benzene rings is 2. The van der Waals surface area contributed by atoms with Crippen molar-refractivity contribution in [3.63, 3.8) is 0 Å². The summed E-state index contributed by atoms with van der Waals surface area (Å²) in [7, 11) is 0. The molecule has 0 aliphatic rings. The second-order valence-corrected chi connectivity index (χ2v) is 5.89. The van der Waals surface area contributed by atoms with Gasteiger partial charge in [-0.3, -0.25) is 20.4 Å². The van der Waals surface area contributed by atoms with E-state index < -0.39 is 11.8 Å². The summed E-state index contributed by atoms with van der Waals surface area (Å²) in [6, 6.07) is 11.7. The van der Waals surface area contributed by atoms with Crippen LogP contribution in [0.4, 0.5) is 4.39 Å². The van der Waals surface area contributed by atoms with Gasteiger partial charge in [-0.25, -0.2) is 4.39 Å². The van der Waals surface area contributed by atoms with E-state index in [4.69, 9.17) is 4.52 Å². The highest BCUT2D eigenvalue weighted by Crippen LogP contribution is 2.17. The number of halogens is 1. The first-order valence-electron chi connectivity index (χ1n) is 8.48. The molecule has 3 N–H and O–H groups in total. The minimum Gasteiger partial charge on any atom is -0.507 e. The van der Waals surface area contributed by atoms with Gasteiger partial charge >= 0.3 is 0 Å². The third kappa shape index (κ3) is 4.91. The highest BCUT2D eigenvalue weighted by atomic mass is 19.1. The lowest BCUT2D eigenvalue weighted by Crippen LogP contribution is -2.41. The van der Waals surface area contributed by atoms with Crippen LogP contribution in [0, 0.1) is 5.82 Å². The van der Waals surface area contributed by atoms with E-state index in [0.717, 1.165) is 0 Å². The molecule has 3 aromatic rings. The molecule has 0 bridgehead atoms. The molecular weight excluding hydrogens is 367 g/mol. The summed E-state index contributed by atoms with van der Waals surface area (Å²) in [5.74, 6) is -0.857. The van der Waals surface area contributed by atoms with Crippen molar-refractivity contribution < 1.29 is 23.6 Å². The molecule has 2 aromatic carbocycles. The number of para-hydroxylation sites is 1. The van der Waals surface area contributed by atoms with Crippen LogP contribution in [0.25, 0.3) is 11.4 Å². The number of rotatable bonds is 6. The highest BCUT2D eigenvalue weighted by Gasteiger charge is 2.12. The number of hydrazine groups is 1. The Morgan fingerprint density at radius 3 is 2.57 bits per heavy atom. The lowest BCUT2D eigenvalue weighted by atomic mass is 10.2. The van der Waals surface area contributed by atoms with Crippen molar-refractivity contribution in [2.75, 3.05) is 0 Å². The van der Waals surface area contributed by atoms with Crippen LogP contribution >= 0.6 is 0 Å². The van der Waals surface area contributed by atoms with Crippen LogP contribution in [-0.2, 0) is 11.2 Å². The Morgan fingerprint density at radius 2 is 1.82 bits per heavy atom. The van der Waals surface area contributed by atoms with Gasteiger partial charge in [-0.05, 0) is 42.8 Å². The molecule has 0 aliphatic carbocycles. The average molecular weight is 384 g/mol. The monoisotopic (exact) mass is 384 g/mol. The number of phenols is 1. The molecule has 0 radical (unpaired) electrons. The standard InChI is InChI=1S/C19H17FN4O4/c20-13-10-8-12(9-11-13)18-21-17(28-24-18)7-3-6-16(26)22-23-19(27)14-4-1-2-5-15(14)25/h1-2,4-5,8-11,25H,3,6-7H2,(H,22,26)(H,23,27). The fourth-order valence-electron chi connectivity index (χ4n) is 2.39. The summed E-state index contributed by atoms with van der Waals surface area (Å²) in [6.45, 7) is 0. The maximum Gasteiger partial charge on any atom is 0.273 e. The lowest BCUT2D eigenvalue weighted by Gasteiger charge is -2.08. The van der Waals surface area contributed by atoms with Gasteiger partial charge in [-0.15, -0.1) is 0 Å². The fraction of sp³-hybridized carbons (Fsp3) is 0.158. The maximum atomic E-state index is 12.9. The predicted molar refractivity (Wildman–Crippen MR) is 96.3 cm³/mol. The van der Waals surface area contributed by atoms with Crippen LogP contribution in [0.1, 0.15) is 29.1 Å². The fourth-order valence-corrected chi connectivity index (χ4v) is 2.39. The normalized spacial score (nSPS) is 10.5. The van der Waals surface area contributed by atoms with E-state index >= 15 is 0 Å². The number of amides is 2. The molecule has 0 spiro atoms. The molecule has 1 aromatic heterocycles. The second-order valence-electron chi connectivity index (χ2n) is 5.89. The average Bonchev–Trinajstić information content (AvgIpc) is 3.16. The quantitative estimate of drug-likeness (QED) is 0.562. The van der Waals surface area contributed by atoms with Gasteiger partial charge in [0.2, 0.25) is 17.6 Å². The Bertz CT molecular complexity index is 972. The molecule has 3 rings (SSSR count). The van der Waals surface area contributed by atoms with E-state index in [2.05, 4.69) is 21.0 Å². The number of hydrogen-bond acceptors (Lipinski definition) is 6. The highest BCUT2D eigenvalue weighted by molar-refractivity contribution is 5.97. The third-order valence-electron chi connectivity index (χ3n) is 3.83. The number of nitrogens with one attached hydrogen (secondary N) is 2. The molecule has 28 heavy (non-hydrogen) atoms. The van der Waals surface area contributed by atoms with E-state index in [1.54, 1.807) is 24.3 Å². The number of nitrogens with zero attached hydrogens (tertiary/aromatic N) is 2. The molecule has 0 fully saturated rings. The van der Waals surface area contributed by atoms with Crippen LogP contribution < -0.4 is 10.9 Å². The van der Waals surface area contributed by atoms with Crippen LogP contribution in [-0.4, -0.2) is 27.1 Å². The van der Waals surface area contributed by atoms with E-state index in [-0.39, 0.29) is 23.6 Å². The first-order chi connectivity index (χ1) is 13.5. The number of aromatic nitrogens is 2. The van der Waals surface area contributed by atoms with Gasteiger partial charge in [0.05, 0.1) is 5.56 Å². The van der Waals surface area contributed by atoms with E-state index in [9.17, 15) is 19.1 Å². The Labute approximate surface area is 159 Å². The minimum atomic E-state index is -0.618. The maximum absolute atomic E-state index is 12.9. The van der Waals surface area contributed by atoms with Gasteiger partial charge in [0, 0.05) is 18.4 Å². The molecule has 1 heterocycles. The van der Waals surface area contributed by atoms with Crippen molar-refractivity contribution in [3.8, 4) is 17.1 Å². The SMILES string of the molecule is O=C(CCCc1nc(-c2ccc(F)cc2)no1)NNC(=O)c1ccccc1O. The van der Waals surface area contributed by atoms with Crippen molar-refractivity contribution >= 4 is 11.8 Å². The van der Waals surface area contributed by atoms with E-state index in [0.29, 0.717) is 30.1 Å². The van der Waals surface area contributed by atoms with Crippen molar-refractivity contribution in [1.82, 2.24) is 21.0 Å². The zero-order chi connectivity index (χ0) is 19.9. The first-order valence-corrected chi connectivity index (χ1v) is 8.48. The predicted octanol–water partition coefficient (Wildman–Crippen LogP) is 2.37. The third-order valence-corrected chi connectivity index (χ3v) is 3.83. The van der Waals surface area contributed by atoms with E-state index in [1.165, 1.54) is 24.3 Å². The molecule has 0 atom stereocenters. The topological polar surface area (TPSA) is 117 Å². The Morgan fingerprint density at radius 1 is 1.07 bits per heavy atom. The zero-order valence-electron chi connectivity index (χ0n) is 14.7. The summed E-state index contributed by atoms with van der Waals surface area (Å²) in [5.41, 5.74) is 5.20. The van der Waals surface area contributed by atoms with E-state index in [1.807, 2.05) is 0 Å². The second kappa shape index (κ2) is 8.76. The Balaban J connectivity index is 1.42. The van der Waals surface area contributed by atoms with Crippen molar-refractivity contribution in [3.05, 3.63) is 65.8 Å². The Hall–Kier alpha value is -3.75. The molecular formula is C19H17FN4O4. The van der Waals surface area contributed by atoms with Crippen LogP contribution in [0.2, 0.25) is 0 Å². The zero-order valence-corrected chi connectivity index (χ0v) is 14.7. The molecule has 2 amide bonds. The summed E-state index contributed by atoms with van der Waals surface area (Å²) in [5, 5.41) is 13.4. The van der Waals surface area contributed by atoms with Gasteiger partial charge in [0.15, 0.2) is 0 Å². The molecule has 9 heteroatoms. The van der Waals surface area contributed by atoms with Gasteiger partial charge in [0.1, 0.15) is 11.6 Å². The summed E-state index contributed by atoms with van der Waals surface area (Å²) in [6.07, 6.45) is 0.910. The largest absolute Gasteiger partial charge is 0.507 e. The number of carbonyl (C=O) groups excluding carboxylic acids is 2. The van der Waals surface area contributed by atoms with Crippen LogP contribution in [0.3, 0.4) is 0 Å². The number of aromatic hydroxyl groups is 1. The summed E-state index contributed by atoms with van der Waals surface area (Å²) in [4.78, 5) is 27.9. The number of hydrogen-bond donors (Lipinski definition) is 3. The van der Waals surface area contributed by atoms with Crippen LogP contribution in [0.5, 0.6) is 5.75 Å². The smallest absolute Gasteiger partial charge is 0.273 e. The Kier molecular flexibility index (Phi) is 5.95. The van der Waals surface area contributed by atoms with Gasteiger partial charge in [0.25, 0.3) is 5.91 Å². The molecule has 8 nitrogen and oxygen atoms in total. The minimum absolute atomic E-state index is 0.0574. The first kappa shape index (κ1) is 19.0. The van der Waals surface area contributed by atoms with Gasteiger partial charge < -0.3 is 9.63 Å². The van der Waals surface area contributed by atoms with Gasteiger partial charge in [-0.1, -0.05) is 17.3 Å². The number of phenolic OH excluding ortho intramolecular Hbond substituents is 1. The molecule has 0 unspecified atom stereocenters. The summed E-state index contributed by atoms with van der Waals surface area (Å²) >= 11 is 0. The molecule has 0 aliphatic heterocycles. The van der Waals surface area contributed by atoms with Crippen molar-refractivity contribution in [1.29, 1.82) is 0 Å².